The smallest absolute Gasteiger partial charge is 0.257 e. The molecule has 0 aliphatic carbocycles. The number of benzene rings is 2. The number of hydrogen-bond donors (Lipinski definition) is 2. The second-order valence-corrected chi connectivity index (χ2v) is 7.62. The predicted molar refractivity (Wildman–Crippen MR) is 110 cm³/mol. The average molecular weight is 402 g/mol. The molecule has 0 aliphatic heterocycles. The molecule has 0 spiro atoms. The van der Waals surface area contributed by atoms with Gasteiger partial charge in [-0.25, -0.2) is 8.78 Å². The van der Waals surface area contributed by atoms with Crippen molar-refractivity contribution in [2.75, 3.05) is 6.54 Å². The molecule has 1 atom stereocenters. The topological polar surface area (TPSA) is 58.2 Å². The van der Waals surface area contributed by atoms with Crippen molar-refractivity contribution in [3.8, 4) is 0 Å². The van der Waals surface area contributed by atoms with E-state index in [4.69, 9.17) is 0 Å². The highest BCUT2D eigenvalue weighted by Crippen LogP contribution is 2.14. The summed E-state index contributed by atoms with van der Waals surface area (Å²) in [7, 11) is 0. The summed E-state index contributed by atoms with van der Waals surface area (Å²) in [5, 5.41) is 5.27. The third kappa shape index (κ3) is 6.11. The number of amides is 2. The molecule has 0 aliphatic rings. The van der Waals surface area contributed by atoms with E-state index in [9.17, 15) is 18.4 Å². The average Bonchev–Trinajstić information content (AvgIpc) is 2.64. The lowest BCUT2D eigenvalue weighted by atomic mass is 10.0. The normalized spacial score (nSPS) is 12.0. The highest BCUT2D eigenvalue weighted by molar-refractivity contribution is 5.98. The summed E-state index contributed by atoms with van der Waals surface area (Å²) in [5.74, 6) is -3.47. The maximum absolute atomic E-state index is 13.8. The van der Waals surface area contributed by atoms with Crippen molar-refractivity contribution in [1.29, 1.82) is 0 Å². The molecule has 0 saturated carbocycles. The molecule has 0 radical (unpaired) electrons. The molecule has 2 aromatic carbocycles. The first-order chi connectivity index (χ1) is 13.7. The molecule has 0 fully saturated rings. The number of carbonyl (C=O) groups is 2. The molecule has 0 aromatic heterocycles. The van der Waals surface area contributed by atoms with Gasteiger partial charge in [0.15, 0.2) is 0 Å². The van der Waals surface area contributed by atoms with Crippen molar-refractivity contribution < 1.29 is 18.4 Å². The van der Waals surface area contributed by atoms with Gasteiger partial charge in [-0.15, -0.1) is 0 Å². The van der Waals surface area contributed by atoms with E-state index < -0.39 is 29.1 Å². The Balaban J connectivity index is 1.93. The first-order valence-corrected chi connectivity index (χ1v) is 9.79. The van der Waals surface area contributed by atoms with Gasteiger partial charge in [-0.2, -0.15) is 0 Å². The Morgan fingerprint density at radius 2 is 1.69 bits per heavy atom. The highest BCUT2D eigenvalue weighted by atomic mass is 19.1. The lowest BCUT2D eigenvalue weighted by molar-refractivity contribution is -0.123. The summed E-state index contributed by atoms with van der Waals surface area (Å²) < 4.78 is 27.6. The SMILES string of the molecule is Cc1ccc(CCCNC(=O)[C@@H](NC(=O)c2c(F)cccc2F)C(C)C)c(C)c1. The van der Waals surface area contributed by atoms with Crippen LogP contribution in [0.4, 0.5) is 8.78 Å². The number of nitrogens with one attached hydrogen (secondary N) is 2. The molecule has 0 bridgehead atoms. The van der Waals surface area contributed by atoms with Crippen LogP contribution in [0, 0.1) is 31.4 Å². The van der Waals surface area contributed by atoms with Crippen molar-refractivity contribution in [3.05, 3.63) is 70.3 Å². The summed E-state index contributed by atoms with van der Waals surface area (Å²) >= 11 is 0. The maximum Gasteiger partial charge on any atom is 0.257 e. The fourth-order valence-electron chi connectivity index (χ4n) is 3.19. The zero-order valence-electron chi connectivity index (χ0n) is 17.3. The summed E-state index contributed by atoms with van der Waals surface area (Å²) in [5.41, 5.74) is 2.98. The van der Waals surface area contributed by atoms with Crippen LogP contribution in [-0.4, -0.2) is 24.4 Å². The van der Waals surface area contributed by atoms with Gasteiger partial charge in [0, 0.05) is 6.54 Å². The van der Waals surface area contributed by atoms with Crippen molar-refractivity contribution in [2.45, 2.75) is 46.6 Å². The predicted octanol–water partition coefficient (Wildman–Crippen LogP) is 4.09. The van der Waals surface area contributed by atoms with Gasteiger partial charge in [-0.1, -0.05) is 43.7 Å². The highest BCUT2D eigenvalue weighted by Gasteiger charge is 2.27. The van der Waals surface area contributed by atoms with E-state index in [0.717, 1.165) is 25.0 Å². The molecular formula is C23H28F2N2O2. The van der Waals surface area contributed by atoms with Gasteiger partial charge in [-0.3, -0.25) is 9.59 Å². The van der Waals surface area contributed by atoms with Crippen LogP contribution in [0.3, 0.4) is 0 Å². The standard InChI is InChI=1S/C23H28F2N2O2/c1-14(2)21(27-22(28)20-18(24)8-5-9-19(20)25)23(29)26-12-6-7-17-11-10-15(3)13-16(17)4/h5,8-11,13-14,21H,6-7,12H2,1-4H3,(H,26,29)(H,27,28)/t21-/m0/s1. The van der Waals surface area contributed by atoms with Crippen LogP contribution in [0.5, 0.6) is 0 Å². The van der Waals surface area contributed by atoms with Gasteiger partial charge in [0.05, 0.1) is 0 Å². The van der Waals surface area contributed by atoms with Crippen LogP contribution < -0.4 is 10.6 Å². The van der Waals surface area contributed by atoms with Crippen LogP contribution >= 0.6 is 0 Å². The molecule has 2 aromatic rings. The van der Waals surface area contributed by atoms with Crippen molar-refractivity contribution in [3.63, 3.8) is 0 Å². The number of hydrogen-bond acceptors (Lipinski definition) is 2. The zero-order valence-corrected chi connectivity index (χ0v) is 17.3. The van der Waals surface area contributed by atoms with Crippen LogP contribution in [0.25, 0.3) is 0 Å². The number of rotatable bonds is 8. The quantitative estimate of drug-likeness (QED) is 0.654. The van der Waals surface area contributed by atoms with Gasteiger partial charge >= 0.3 is 0 Å². The fraction of sp³-hybridized carbons (Fsp3) is 0.391. The van der Waals surface area contributed by atoms with E-state index in [1.165, 1.54) is 22.8 Å². The Kier molecular flexibility index (Phi) is 7.88. The molecule has 156 valence electrons. The Morgan fingerprint density at radius 3 is 2.28 bits per heavy atom. The molecule has 2 N–H and O–H groups in total. The second-order valence-electron chi connectivity index (χ2n) is 7.62. The van der Waals surface area contributed by atoms with E-state index in [1.807, 2.05) is 6.92 Å². The largest absolute Gasteiger partial charge is 0.354 e. The van der Waals surface area contributed by atoms with Gasteiger partial charge in [0.1, 0.15) is 23.2 Å². The minimum atomic E-state index is -0.959. The molecule has 6 heteroatoms. The first kappa shape index (κ1) is 22.5. The van der Waals surface area contributed by atoms with Crippen LogP contribution in [0.2, 0.25) is 0 Å². The van der Waals surface area contributed by atoms with Crippen molar-refractivity contribution in [1.82, 2.24) is 10.6 Å². The molecule has 2 rings (SSSR count). The van der Waals surface area contributed by atoms with Crippen LogP contribution in [0.15, 0.2) is 36.4 Å². The van der Waals surface area contributed by atoms with E-state index in [-0.39, 0.29) is 11.8 Å². The molecule has 4 nitrogen and oxygen atoms in total. The summed E-state index contributed by atoms with van der Waals surface area (Å²) in [6.45, 7) is 8.08. The van der Waals surface area contributed by atoms with Crippen molar-refractivity contribution in [2.24, 2.45) is 5.92 Å². The van der Waals surface area contributed by atoms with Crippen molar-refractivity contribution >= 4 is 11.8 Å². The molecule has 0 unspecified atom stereocenters. The fourth-order valence-corrected chi connectivity index (χ4v) is 3.19. The van der Waals surface area contributed by atoms with E-state index >= 15 is 0 Å². The molecule has 0 saturated heterocycles. The molecule has 0 heterocycles. The lowest BCUT2D eigenvalue weighted by Gasteiger charge is -2.22. The number of halogens is 2. The van der Waals surface area contributed by atoms with E-state index in [1.54, 1.807) is 13.8 Å². The Hall–Kier alpha value is -2.76. The number of aryl methyl sites for hydroxylation is 3. The maximum atomic E-state index is 13.8. The van der Waals surface area contributed by atoms with Gasteiger partial charge in [-0.05, 0) is 55.9 Å². The monoisotopic (exact) mass is 402 g/mol. The molecular weight excluding hydrogens is 374 g/mol. The van der Waals surface area contributed by atoms with Gasteiger partial charge < -0.3 is 10.6 Å². The van der Waals surface area contributed by atoms with Crippen LogP contribution in [0.1, 0.15) is 47.3 Å². The van der Waals surface area contributed by atoms with E-state index in [2.05, 4.69) is 35.8 Å². The lowest BCUT2D eigenvalue weighted by Crippen LogP contribution is -2.50. The summed E-state index contributed by atoms with van der Waals surface area (Å²) in [6, 6.07) is 8.59. The Morgan fingerprint density at radius 1 is 1.03 bits per heavy atom. The number of carbonyl (C=O) groups excluding carboxylic acids is 2. The van der Waals surface area contributed by atoms with E-state index in [0.29, 0.717) is 6.54 Å². The molecule has 2 amide bonds. The van der Waals surface area contributed by atoms with Crippen LogP contribution in [-0.2, 0) is 11.2 Å². The van der Waals surface area contributed by atoms with Gasteiger partial charge in [0.25, 0.3) is 5.91 Å². The minimum Gasteiger partial charge on any atom is -0.354 e. The second kappa shape index (κ2) is 10.1. The summed E-state index contributed by atoms with van der Waals surface area (Å²) in [4.78, 5) is 24.8. The molecule has 29 heavy (non-hydrogen) atoms. The summed E-state index contributed by atoms with van der Waals surface area (Å²) in [6.07, 6.45) is 1.57. The Labute approximate surface area is 170 Å². The first-order valence-electron chi connectivity index (χ1n) is 9.79. The van der Waals surface area contributed by atoms with Gasteiger partial charge in [0.2, 0.25) is 5.91 Å². The minimum absolute atomic E-state index is 0.242. The Bertz CT molecular complexity index is 861. The third-order valence-corrected chi connectivity index (χ3v) is 4.85. The third-order valence-electron chi connectivity index (χ3n) is 4.85. The zero-order chi connectivity index (χ0) is 21.6.